The molecule has 0 fully saturated rings. The maximum Gasteiger partial charge on any atom is 0.343 e. The number of ether oxygens (including phenoxy) is 1. The zero-order chi connectivity index (χ0) is 19.9. The van der Waals surface area contributed by atoms with E-state index in [2.05, 4.69) is 10.5 Å². The van der Waals surface area contributed by atoms with Gasteiger partial charge in [0.1, 0.15) is 5.75 Å². The van der Waals surface area contributed by atoms with E-state index in [-0.39, 0.29) is 5.91 Å². The molecule has 0 aromatic heterocycles. The molecule has 0 atom stereocenters. The van der Waals surface area contributed by atoms with Gasteiger partial charge < -0.3 is 4.74 Å². The minimum Gasteiger partial charge on any atom is -0.423 e. The number of rotatable bonds is 5. The molecule has 3 rings (SSSR count). The van der Waals surface area contributed by atoms with Crippen molar-refractivity contribution < 1.29 is 14.3 Å². The first-order chi connectivity index (χ1) is 13.5. The van der Waals surface area contributed by atoms with Crippen molar-refractivity contribution in [2.45, 2.75) is 6.92 Å². The third-order valence-electron chi connectivity index (χ3n) is 3.82. The number of nitrogens with zero attached hydrogens (tertiary/aromatic N) is 1. The Morgan fingerprint density at radius 1 is 0.964 bits per heavy atom. The second-order valence-electron chi connectivity index (χ2n) is 6.04. The Morgan fingerprint density at radius 3 is 2.46 bits per heavy atom. The number of carbonyl (C=O) groups excluding carboxylic acids is 2. The third kappa shape index (κ3) is 5.28. The van der Waals surface area contributed by atoms with E-state index >= 15 is 0 Å². The largest absolute Gasteiger partial charge is 0.423 e. The lowest BCUT2D eigenvalue weighted by molar-refractivity contribution is 0.0734. The van der Waals surface area contributed by atoms with Crippen molar-refractivity contribution in [3.63, 3.8) is 0 Å². The lowest BCUT2D eigenvalue weighted by Crippen LogP contribution is -2.17. The molecule has 6 heteroatoms. The quantitative estimate of drug-likeness (QED) is 0.298. The first kappa shape index (κ1) is 19.3. The van der Waals surface area contributed by atoms with E-state index in [0.29, 0.717) is 27.5 Å². The number of aryl methyl sites for hydroxylation is 1. The van der Waals surface area contributed by atoms with Gasteiger partial charge in [-0.15, -0.1) is 0 Å². The molecule has 3 aromatic carbocycles. The Hall–Kier alpha value is -3.44. The van der Waals surface area contributed by atoms with E-state index in [1.165, 1.54) is 6.21 Å². The van der Waals surface area contributed by atoms with Crippen molar-refractivity contribution in [3.8, 4) is 5.75 Å². The lowest BCUT2D eigenvalue weighted by Gasteiger charge is -2.05. The highest BCUT2D eigenvalue weighted by Gasteiger charge is 2.08. The number of esters is 1. The average molecular weight is 393 g/mol. The van der Waals surface area contributed by atoms with Crippen LogP contribution in [0.3, 0.4) is 0 Å². The number of amides is 1. The lowest BCUT2D eigenvalue weighted by atomic mass is 10.1. The summed E-state index contributed by atoms with van der Waals surface area (Å²) in [6, 6.07) is 20.5. The van der Waals surface area contributed by atoms with Gasteiger partial charge >= 0.3 is 5.97 Å². The fourth-order valence-electron chi connectivity index (χ4n) is 2.37. The van der Waals surface area contributed by atoms with Crippen molar-refractivity contribution in [2.24, 2.45) is 5.10 Å². The molecule has 0 spiro atoms. The van der Waals surface area contributed by atoms with Crippen LogP contribution in [0, 0.1) is 6.92 Å². The predicted molar refractivity (Wildman–Crippen MR) is 109 cm³/mol. The van der Waals surface area contributed by atoms with Gasteiger partial charge in [-0.3, -0.25) is 4.79 Å². The molecule has 0 aliphatic rings. The Labute approximate surface area is 167 Å². The summed E-state index contributed by atoms with van der Waals surface area (Å²) in [5.41, 5.74) is 5.04. The van der Waals surface area contributed by atoms with Crippen LogP contribution in [0.15, 0.2) is 77.9 Å². The minimum atomic E-state index is -0.441. The fourth-order valence-corrected chi connectivity index (χ4v) is 2.56. The highest BCUT2D eigenvalue weighted by molar-refractivity contribution is 6.30. The van der Waals surface area contributed by atoms with Crippen molar-refractivity contribution in [2.75, 3.05) is 0 Å². The van der Waals surface area contributed by atoms with Gasteiger partial charge in [0.05, 0.1) is 11.8 Å². The van der Waals surface area contributed by atoms with E-state index in [1.807, 2.05) is 19.1 Å². The highest BCUT2D eigenvalue weighted by atomic mass is 35.5. The molecule has 3 aromatic rings. The van der Waals surface area contributed by atoms with Gasteiger partial charge in [0.15, 0.2) is 0 Å². The van der Waals surface area contributed by atoms with Crippen LogP contribution in [0.2, 0.25) is 5.02 Å². The summed E-state index contributed by atoms with van der Waals surface area (Å²) >= 11 is 5.87. The minimum absolute atomic E-state index is 0.374. The molecule has 0 aliphatic carbocycles. The van der Waals surface area contributed by atoms with Gasteiger partial charge in [0, 0.05) is 10.6 Å². The fraction of sp³-hybridized carbons (Fsp3) is 0.0455. The summed E-state index contributed by atoms with van der Waals surface area (Å²) in [5.74, 6) is -0.431. The molecule has 0 heterocycles. The Morgan fingerprint density at radius 2 is 1.71 bits per heavy atom. The second-order valence-corrected chi connectivity index (χ2v) is 6.47. The molecule has 28 heavy (non-hydrogen) atoms. The molecule has 0 aliphatic heterocycles. The number of hydrogen-bond donors (Lipinski definition) is 1. The van der Waals surface area contributed by atoms with Crippen molar-refractivity contribution in [1.82, 2.24) is 5.43 Å². The maximum absolute atomic E-state index is 12.2. The molecule has 1 amide bonds. The first-order valence-corrected chi connectivity index (χ1v) is 8.87. The number of halogens is 1. The normalized spacial score (nSPS) is 10.6. The van der Waals surface area contributed by atoms with Gasteiger partial charge in [0.25, 0.3) is 5.91 Å². The van der Waals surface area contributed by atoms with E-state index in [9.17, 15) is 9.59 Å². The summed E-state index contributed by atoms with van der Waals surface area (Å²) in [4.78, 5) is 24.2. The van der Waals surface area contributed by atoms with Gasteiger partial charge in [-0.25, -0.2) is 10.2 Å². The van der Waals surface area contributed by atoms with Crippen LogP contribution in [0.5, 0.6) is 5.75 Å². The Bertz CT molecular complexity index is 1030. The molecule has 0 saturated heterocycles. The van der Waals surface area contributed by atoms with Crippen molar-refractivity contribution in [3.05, 3.63) is 100 Å². The van der Waals surface area contributed by atoms with Crippen molar-refractivity contribution >= 4 is 29.7 Å². The maximum atomic E-state index is 12.2. The van der Waals surface area contributed by atoms with Gasteiger partial charge in [0.2, 0.25) is 0 Å². The summed E-state index contributed by atoms with van der Waals surface area (Å²) in [7, 11) is 0. The first-order valence-electron chi connectivity index (χ1n) is 8.49. The van der Waals surface area contributed by atoms with Crippen LogP contribution in [-0.2, 0) is 0 Å². The molecular weight excluding hydrogens is 376 g/mol. The average Bonchev–Trinajstić information content (AvgIpc) is 2.68. The van der Waals surface area contributed by atoms with Crippen LogP contribution >= 0.6 is 11.6 Å². The number of benzene rings is 3. The van der Waals surface area contributed by atoms with E-state index in [0.717, 1.165) is 5.56 Å². The number of carbonyl (C=O) groups is 2. The van der Waals surface area contributed by atoms with Crippen LogP contribution < -0.4 is 10.2 Å². The molecule has 0 bridgehead atoms. The molecular formula is C22H17ClN2O3. The van der Waals surface area contributed by atoms with Gasteiger partial charge in [-0.05, 0) is 55.0 Å². The summed E-state index contributed by atoms with van der Waals surface area (Å²) in [6.07, 6.45) is 1.46. The van der Waals surface area contributed by atoms with Crippen LogP contribution in [0.1, 0.15) is 31.8 Å². The van der Waals surface area contributed by atoms with Crippen molar-refractivity contribution in [1.29, 1.82) is 0 Å². The van der Waals surface area contributed by atoms with E-state index < -0.39 is 5.97 Å². The van der Waals surface area contributed by atoms with E-state index in [4.69, 9.17) is 16.3 Å². The number of hydrazone groups is 1. The van der Waals surface area contributed by atoms with E-state index in [1.54, 1.807) is 60.7 Å². The SMILES string of the molecule is Cc1ccc(C(=O)Oc2cccc(/C=N\NC(=O)c3cccc(Cl)c3)c2)cc1. The summed E-state index contributed by atoms with van der Waals surface area (Å²) in [5, 5.41) is 4.40. The third-order valence-corrected chi connectivity index (χ3v) is 4.06. The van der Waals surface area contributed by atoms with Crippen LogP contribution in [0.4, 0.5) is 0 Å². The molecule has 0 saturated carbocycles. The monoisotopic (exact) mass is 392 g/mol. The molecule has 1 N–H and O–H groups in total. The smallest absolute Gasteiger partial charge is 0.343 e. The second kappa shape index (κ2) is 8.97. The summed E-state index contributed by atoms with van der Waals surface area (Å²) < 4.78 is 5.39. The van der Waals surface area contributed by atoms with Gasteiger partial charge in [-0.1, -0.05) is 47.5 Å². The number of nitrogens with one attached hydrogen (secondary N) is 1. The van der Waals surface area contributed by atoms with Crippen LogP contribution in [0.25, 0.3) is 0 Å². The topological polar surface area (TPSA) is 67.8 Å². The Kier molecular flexibility index (Phi) is 6.19. The van der Waals surface area contributed by atoms with Crippen LogP contribution in [-0.4, -0.2) is 18.1 Å². The summed E-state index contributed by atoms with van der Waals surface area (Å²) in [6.45, 7) is 1.95. The zero-order valence-electron chi connectivity index (χ0n) is 15.1. The zero-order valence-corrected chi connectivity index (χ0v) is 15.8. The highest BCUT2D eigenvalue weighted by Crippen LogP contribution is 2.15. The predicted octanol–water partition coefficient (Wildman–Crippen LogP) is 4.63. The molecule has 0 unspecified atom stereocenters. The van der Waals surface area contributed by atoms with Gasteiger partial charge in [-0.2, -0.15) is 5.10 Å². The molecule has 5 nitrogen and oxygen atoms in total. The standard InChI is InChI=1S/C22H17ClN2O3/c1-15-8-10-17(11-9-15)22(27)28-20-7-2-4-16(12-20)14-24-25-21(26)18-5-3-6-19(23)13-18/h2-14H,1H3,(H,25,26)/b24-14-. The number of hydrogen-bond acceptors (Lipinski definition) is 4. The molecule has 0 radical (unpaired) electrons. The molecule has 140 valence electrons. The Balaban J connectivity index is 1.62.